The maximum atomic E-state index is 9.46. The largest absolute Gasteiger partial charge is 0.390 e. The highest BCUT2D eigenvalue weighted by molar-refractivity contribution is 7.81. The van der Waals surface area contributed by atoms with Gasteiger partial charge in [0.15, 0.2) is 0 Å². The SMILES string of the molecule is CC(C)(O)CC(S)C(C)(C)O. The Morgan fingerprint density at radius 1 is 1.18 bits per heavy atom. The molecule has 0 aromatic rings. The van der Waals surface area contributed by atoms with E-state index in [1.54, 1.807) is 27.7 Å². The number of hydrogen-bond donors (Lipinski definition) is 3. The van der Waals surface area contributed by atoms with Crippen molar-refractivity contribution in [2.75, 3.05) is 0 Å². The molecule has 0 bridgehead atoms. The first-order chi connectivity index (χ1) is 4.63. The monoisotopic (exact) mass is 178 g/mol. The van der Waals surface area contributed by atoms with Gasteiger partial charge in [0.2, 0.25) is 0 Å². The van der Waals surface area contributed by atoms with Gasteiger partial charge in [-0.3, -0.25) is 0 Å². The lowest BCUT2D eigenvalue weighted by Gasteiger charge is -2.29. The van der Waals surface area contributed by atoms with Gasteiger partial charge in [-0.25, -0.2) is 0 Å². The molecule has 2 N–H and O–H groups in total. The minimum Gasteiger partial charge on any atom is -0.390 e. The molecular formula is C8H18O2S. The molecular weight excluding hydrogens is 160 g/mol. The highest BCUT2D eigenvalue weighted by Gasteiger charge is 2.28. The number of rotatable bonds is 3. The summed E-state index contributed by atoms with van der Waals surface area (Å²) < 4.78 is 0. The lowest BCUT2D eigenvalue weighted by molar-refractivity contribution is 0.0231. The van der Waals surface area contributed by atoms with Crippen LogP contribution in [-0.2, 0) is 0 Å². The quantitative estimate of drug-likeness (QED) is 0.569. The molecule has 0 saturated heterocycles. The molecule has 0 heterocycles. The van der Waals surface area contributed by atoms with Crippen molar-refractivity contribution >= 4 is 12.6 Å². The summed E-state index contributed by atoms with van der Waals surface area (Å²) in [6, 6.07) is 0. The van der Waals surface area contributed by atoms with Crippen molar-refractivity contribution in [2.24, 2.45) is 0 Å². The van der Waals surface area contributed by atoms with Gasteiger partial charge in [-0.2, -0.15) is 12.6 Å². The Labute approximate surface area is 74.0 Å². The number of aliphatic hydroxyl groups is 2. The topological polar surface area (TPSA) is 40.5 Å². The summed E-state index contributed by atoms with van der Waals surface area (Å²) in [5.41, 5.74) is -1.59. The molecule has 0 fully saturated rings. The maximum Gasteiger partial charge on any atom is 0.0708 e. The average molecular weight is 178 g/mol. The smallest absolute Gasteiger partial charge is 0.0708 e. The second kappa shape index (κ2) is 3.33. The highest BCUT2D eigenvalue weighted by Crippen LogP contribution is 2.23. The van der Waals surface area contributed by atoms with Gasteiger partial charge >= 0.3 is 0 Å². The van der Waals surface area contributed by atoms with E-state index in [-0.39, 0.29) is 5.25 Å². The van der Waals surface area contributed by atoms with E-state index in [2.05, 4.69) is 12.6 Å². The minimum absolute atomic E-state index is 0.192. The lowest BCUT2D eigenvalue weighted by atomic mass is 9.94. The zero-order chi connectivity index (χ0) is 9.28. The molecule has 0 aliphatic carbocycles. The van der Waals surface area contributed by atoms with Crippen LogP contribution in [0.2, 0.25) is 0 Å². The Morgan fingerprint density at radius 3 is 1.64 bits per heavy atom. The molecule has 11 heavy (non-hydrogen) atoms. The molecule has 0 aromatic carbocycles. The molecule has 0 amide bonds. The van der Waals surface area contributed by atoms with Crippen molar-refractivity contribution in [3.8, 4) is 0 Å². The van der Waals surface area contributed by atoms with Gasteiger partial charge in [0, 0.05) is 5.25 Å². The van der Waals surface area contributed by atoms with E-state index in [1.165, 1.54) is 0 Å². The van der Waals surface area contributed by atoms with E-state index in [1.807, 2.05) is 0 Å². The van der Waals surface area contributed by atoms with Gasteiger partial charge in [0.1, 0.15) is 0 Å². The van der Waals surface area contributed by atoms with Crippen molar-refractivity contribution in [1.29, 1.82) is 0 Å². The van der Waals surface area contributed by atoms with Crippen molar-refractivity contribution in [3.63, 3.8) is 0 Å². The van der Waals surface area contributed by atoms with E-state index in [0.29, 0.717) is 6.42 Å². The second-order valence-electron chi connectivity index (χ2n) is 4.19. The summed E-state index contributed by atoms with van der Waals surface area (Å²) in [4.78, 5) is 0. The van der Waals surface area contributed by atoms with Crippen LogP contribution in [0, 0.1) is 0 Å². The predicted octanol–water partition coefficient (Wildman–Crippen LogP) is 1.22. The molecule has 68 valence electrons. The van der Waals surface area contributed by atoms with Crippen LogP contribution in [0.25, 0.3) is 0 Å². The van der Waals surface area contributed by atoms with Crippen LogP contribution < -0.4 is 0 Å². The zero-order valence-corrected chi connectivity index (χ0v) is 8.52. The second-order valence-corrected chi connectivity index (χ2v) is 4.81. The Hall–Kier alpha value is 0.270. The first-order valence-corrected chi connectivity index (χ1v) is 4.27. The molecule has 2 nitrogen and oxygen atoms in total. The standard InChI is InChI=1S/C8H18O2S/c1-7(2,9)5-6(11)8(3,4)10/h6,9-11H,5H2,1-4H3. The van der Waals surface area contributed by atoms with Crippen LogP contribution in [0.5, 0.6) is 0 Å². The Kier molecular flexibility index (Phi) is 3.42. The van der Waals surface area contributed by atoms with Gasteiger partial charge in [0.05, 0.1) is 11.2 Å². The number of hydrogen-bond acceptors (Lipinski definition) is 3. The summed E-state index contributed by atoms with van der Waals surface area (Å²) >= 11 is 4.19. The third-order valence-corrected chi connectivity index (χ3v) is 2.32. The van der Waals surface area contributed by atoms with Crippen LogP contribution in [0.3, 0.4) is 0 Å². The molecule has 0 radical (unpaired) electrons. The molecule has 0 aromatic heterocycles. The van der Waals surface area contributed by atoms with E-state index in [9.17, 15) is 10.2 Å². The van der Waals surface area contributed by atoms with Gasteiger partial charge in [-0.1, -0.05) is 0 Å². The lowest BCUT2D eigenvalue weighted by Crippen LogP contribution is -2.37. The van der Waals surface area contributed by atoms with Crippen molar-refractivity contribution in [1.82, 2.24) is 0 Å². The third-order valence-electron chi connectivity index (χ3n) is 1.51. The van der Waals surface area contributed by atoms with Crippen molar-refractivity contribution < 1.29 is 10.2 Å². The van der Waals surface area contributed by atoms with E-state index < -0.39 is 11.2 Å². The maximum absolute atomic E-state index is 9.46. The summed E-state index contributed by atoms with van der Waals surface area (Å²) in [6.07, 6.45) is 0.486. The van der Waals surface area contributed by atoms with Crippen LogP contribution in [-0.4, -0.2) is 26.7 Å². The predicted molar refractivity (Wildman–Crippen MR) is 50.0 cm³/mol. The first-order valence-electron chi connectivity index (χ1n) is 3.76. The average Bonchev–Trinajstić information content (AvgIpc) is 1.56. The fourth-order valence-electron chi connectivity index (χ4n) is 0.723. The minimum atomic E-state index is -0.830. The molecule has 0 saturated carbocycles. The molecule has 0 spiro atoms. The normalized spacial score (nSPS) is 16.6. The number of thiol groups is 1. The van der Waals surface area contributed by atoms with Crippen LogP contribution in [0.15, 0.2) is 0 Å². The van der Waals surface area contributed by atoms with Gasteiger partial charge in [-0.05, 0) is 34.1 Å². The Balaban J connectivity index is 3.99. The zero-order valence-electron chi connectivity index (χ0n) is 7.63. The molecule has 1 unspecified atom stereocenters. The molecule has 0 aliphatic rings. The molecule has 0 aliphatic heterocycles. The molecule has 0 rings (SSSR count). The van der Waals surface area contributed by atoms with E-state index in [4.69, 9.17) is 0 Å². The third kappa shape index (κ3) is 5.53. The van der Waals surface area contributed by atoms with Crippen molar-refractivity contribution in [3.05, 3.63) is 0 Å². The van der Waals surface area contributed by atoms with Crippen LogP contribution in [0.1, 0.15) is 34.1 Å². The Morgan fingerprint density at radius 2 is 1.55 bits per heavy atom. The van der Waals surface area contributed by atoms with Crippen LogP contribution in [0.4, 0.5) is 0 Å². The Bertz CT molecular complexity index is 121. The highest BCUT2D eigenvalue weighted by atomic mass is 32.1. The van der Waals surface area contributed by atoms with E-state index in [0.717, 1.165) is 0 Å². The fourth-order valence-corrected chi connectivity index (χ4v) is 1.17. The van der Waals surface area contributed by atoms with Crippen molar-refractivity contribution in [2.45, 2.75) is 50.6 Å². The van der Waals surface area contributed by atoms with Gasteiger partial charge in [0.25, 0.3) is 0 Å². The molecule has 3 heteroatoms. The fraction of sp³-hybridized carbons (Fsp3) is 1.00. The molecule has 1 atom stereocenters. The summed E-state index contributed by atoms with van der Waals surface area (Å²) in [7, 11) is 0. The summed E-state index contributed by atoms with van der Waals surface area (Å²) in [6.45, 7) is 6.80. The van der Waals surface area contributed by atoms with E-state index >= 15 is 0 Å². The summed E-state index contributed by atoms with van der Waals surface area (Å²) in [5.74, 6) is 0. The van der Waals surface area contributed by atoms with Gasteiger partial charge < -0.3 is 10.2 Å². The summed E-state index contributed by atoms with van der Waals surface area (Å²) in [5, 5.41) is 18.7. The van der Waals surface area contributed by atoms with Crippen LogP contribution >= 0.6 is 12.6 Å². The van der Waals surface area contributed by atoms with Gasteiger partial charge in [-0.15, -0.1) is 0 Å². The first kappa shape index (κ1) is 11.3.